The molecule has 0 saturated carbocycles. The van der Waals surface area contributed by atoms with Crippen molar-refractivity contribution in [3.8, 4) is 0 Å². The minimum atomic E-state index is -8.57. The molecule has 0 aromatic carbocycles. The highest BCUT2D eigenvalue weighted by Gasteiger charge is 2.89. The first-order valence-corrected chi connectivity index (χ1v) is 6.56. The molecule has 0 amide bonds. The Hall–Kier alpha value is -1.63. The van der Waals surface area contributed by atoms with E-state index in [-0.39, 0.29) is 0 Å². The first-order chi connectivity index (χ1) is 13.1. The molecule has 1 unspecified atom stereocenters. The standard InChI is InChI=1S/C11H4F19N/c1-2-4(13,14)3(12)5(15,16)31(10(27,28)6(17,18)8(21,22)23)11(29,30)7(19,20)9(24,25)26/h2-3H,1H2. The molecule has 0 spiro atoms. The molecular formula is C11H4F19N. The van der Waals surface area contributed by atoms with Crippen LogP contribution < -0.4 is 0 Å². The average Bonchev–Trinajstić information content (AvgIpc) is 2.50. The van der Waals surface area contributed by atoms with Crippen LogP contribution in [0.5, 0.6) is 0 Å². The van der Waals surface area contributed by atoms with E-state index in [9.17, 15) is 83.4 Å². The van der Waals surface area contributed by atoms with E-state index in [0.717, 1.165) is 0 Å². The monoisotopic (exact) mass is 511 g/mol. The number of hydrogen-bond acceptors (Lipinski definition) is 1. The summed E-state index contributed by atoms with van der Waals surface area (Å²) in [5.41, 5.74) is 0. The Bertz CT molecular complexity index is 617. The van der Waals surface area contributed by atoms with E-state index >= 15 is 0 Å². The molecule has 0 bridgehead atoms. The summed E-state index contributed by atoms with van der Waals surface area (Å²) in [7, 11) is 0. The molecule has 0 aliphatic heterocycles. The van der Waals surface area contributed by atoms with Crippen LogP contribution in [0.25, 0.3) is 0 Å². The van der Waals surface area contributed by atoms with Gasteiger partial charge in [0.25, 0.3) is 0 Å². The van der Waals surface area contributed by atoms with Gasteiger partial charge in [-0.25, -0.2) is 4.39 Å². The van der Waals surface area contributed by atoms with Gasteiger partial charge < -0.3 is 0 Å². The van der Waals surface area contributed by atoms with Crippen molar-refractivity contribution >= 4 is 0 Å². The van der Waals surface area contributed by atoms with Crippen molar-refractivity contribution in [3.05, 3.63) is 12.7 Å². The second-order valence-corrected chi connectivity index (χ2v) is 5.39. The molecule has 0 heterocycles. The van der Waals surface area contributed by atoms with Crippen molar-refractivity contribution < 1.29 is 83.4 Å². The van der Waals surface area contributed by atoms with Gasteiger partial charge in [-0.2, -0.15) is 79.0 Å². The number of halogens is 19. The van der Waals surface area contributed by atoms with E-state index in [2.05, 4.69) is 0 Å². The fourth-order valence-electron chi connectivity index (χ4n) is 1.62. The van der Waals surface area contributed by atoms with Crippen LogP contribution in [0.15, 0.2) is 12.7 Å². The summed E-state index contributed by atoms with van der Waals surface area (Å²) >= 11 is 0. The van der Waals surface area contributed by atoms with Gasteiger partial charge in [0, 0.05) is 0 Å². The van der Waals surface area contributed by atoms with Crippen LogP contribution in [0.4, 0.5) is 83.4 Å². The zero-order valence-electron chi connectivity index (χ0n) is 13.5. The van der Waals surface area contributed by atoms with Gasteiger partial charge >= 0.3 is 48.3 Å². The average molecular weight is 511 g/mol. The second-order valence-electron chi connectivity index (χ2n) is 5.39. The van der Waals surface area contributed by atoms with Crippen LogP contribution >= 0.6 is 0 Å². The Morgan fingerprint density at radius 3 is 1.00 bits per heavy atom. The predicted molar refractivity (Wildman–Crippen MR) is 58.7 cm³/mol. The van der Waals surface area contributed by atoms with Crippen molar-refractivity contribution in [1.29, 1.82) is 0 Å². The predicted octanol–water partition coefficient (Wildman–Crippen LogP) is 6.62. The maximum Gasteiger partial charge on any atom is 0.461 e. The molecule has 0 aliphatic carbocycles. The summed E-state index contributed by atoms with van der Waals surface area (Å²) in [6.07, 6.45) is -23.3. The molecule has 0 radical (unpaired) electrons. The topological polar surface area (TPSA) is 3.24 Å². The van der Waals surface area contributed by atoms with Gasteiger partial charge in [0.15, 0.2) is 0 Å². The van der Waals surface area contributed by atoms with Crippen molar-refractivity contribution in [3.63, 3.8) is 0 Å². The van der Waals surface area contributed by atoms with E-state index in [0.29, 0.717) is 0 Å². The highest BCUT2D eigenvalue weighted by Crippen LogP contribution is 2.59. The number of hydrogen-bond donors (Lipinski definition) is 0. The maximum absolute atomic E-state index is 13.7. The van der Waals surface area contributed by atoms with Gasteiger partial charge in [0.2, 0.25) is 6.17 Å². The summed E-state index contributed by atoms with van der Waals surface area (Å²) < 4.78 is 245. The van der Waals surface area contributed by atoms with Gasteiger partial charge in [0.1, 0.15) is 0 Å². The Labute approximate surface area is 157 Å². The van der Waals surface area contributed by atoms with E-state index in [4.69, 9.17) is 0 Å². The molecule has 0 aromatic rings. The number of rotatable bonds is 8. The smallest absolute Gasteiger partial charge is 0.232 e. The van der Waals surface area contributed by atoms with E-state index in [1.165, 1.54) is 0 Å². The molecule has 0 rings (SSSR count). The molecule has 1 nitrogen and oxygen atoms in total. The summed E-state index contributed by atoms with van der Waals surface area (Å²) in [6.45, 7) is 1.85. The largest absolute Gasteiger partial charge is 0.461 e. The Morgan fingerprint density at radius 1 is 0.548 bits per heavy atom. The van der Waals surface area contributed by atoms with Gasteiger partial charge in [0.05, 0.1) is 0 Å². The molecule has 186 valence electrons. The molecule has 0 fully saturated rings. The third-order valence-corrected chi connectivity index (χ3v) is 3.24. The lowest BCUT2D eigenvalue weighted by Gasteiger charge is -2.46. The second kappa shape index (κ2) is 7.46. The van der Waals surface area contributed by atoms with Crippen molar-refractivity contribution in [1.82, 2.24) is 4.90 Å². The lowest BCUT2D eigenvalue weighted by atomic mass is 10.1. The molecular weight excluding hydrogens is 507 g/mol. The molecule has 1 atom stereocenters. The minimum absolute atomic E-state index is 1.34. The maximum atomic E-state index is 13.7. The van der Waals surface area contributed by atoms with Crippen LogP contribution in [-0.4, -0.2) is 59.3 Å². The lowest BCUT2D eigenvalue weighted by molar-refractivity contribution is -0.499. The Kier molecular flexibility index (Phi) is 7.07. The molecule has 20 heteroatoms. The minimum Gasteiger partial charge on any atom is -0.232 e. The van der Waals surface area contributed by atoms with E-state index in [1.807, 2.05) is 6.58 Å². The summed E-state index contributed by atoms with van der Waals surface area (Å²) in [4.78, 5) is -4.88. The molecule has 0 aromatic heterocycles. The fourth-order valence-corrected chi connectivity index (χ4v) is 1.62. The zero-order chi connectivity index (χ0) is 25.9. The van der Waals surface area contributed by atoms with Gasteiger partial charge in [-0.3, -0.25) is 0 Å². The zero-order valence-corrected chi connectivity index (χ0v) is 13.5. The normalized spacial score (nSPS) is 17.2. The van der Waals surface area contributed by atoms with Crippen LogP contribution in [0.3, 0.4) is 0 Å². The van der Waals surface area contributed by atoms with Gasteiger partial charge in [-0.1, -0.05) is 6.58 Å². The number of alkyl halides is 19. The summed E-state index contributed by atoms with van der Waals surface area (Å²) in [5.74, 6) is -22.8. The van der Waals surface area contributed by atoms with E-state index in [1.54, 1.807) is 0 Å². The van der Waals surface area contributed by atoms with Crippen LogP contribution in [-0.2, 0) is 0 Å². The van der Waals surface area contributed by atoms with Crippen LogP contribution in [0.2, 0.25) is 0 Å². The lowest BCUT2D eigenvalue weighted by Crippen LogP contribution is -2.77. The number of nitrogens with zero attached hydrogens (tertiary/aromatic N) is 1. The Morgan fingerprint density at radius 2 is 0.806 bits per heavy atom. The summed E-state index contributed by atoms with van der Waals surface area (Å²) in [6, 6.07) is -25.1. The fraction of sp³-hybridized carbons (Fsp3) is 0.818. The third-order valence-electron chi connectivity index (χ3n) is 3.24. The molecule has 31 heavy (non-hydrogen) atoms. The highest BCUT2D eigenvalue weighted by atomic mass is 19.4. The van der Waals surface area contributed by atoms with Crippen molar-refractivity contribution in [2.24, 2.45) is 0 Å². The summed E-state index contributed by atoms with van der Waals surface area (Å²) in [5, 5.41) is 0. The molecule has 0 aliphatic rings. The van der Waals surface area contributed by atoms with E-state index < -0.39 is 65.4 Å². The first-order valence-electron chi connectivity index (χ1n) is 6.56. The Balaban J connectivity index is 7.37. The quantitative estimate of drug-likeness (QED) is 0.201. The van der Waals surface area contributed by atoms with Gasteiger partial charge in [-0.05, 0) is 6.08 Å². The SMILES string of the molecule is C=CC(F)(F)C(F)C(F)(F)N(C(F)(F)C(F)(F)C(F)(F)F)C(F)(F)C(F)(F)C(F)(F)F. The van der Waals surface area contributed by atoms with Crippen molar-refractivity contribution in [2.45, 2.75) is 54.4 Å². The molecule has 0 N–H and O–H groups in total. The van der Waals surface area contributed by atoms with Crippen LogP contribution in [0, 0.1) is 0 Å². The number of allylic oxidation sites excluding steroid dienone is 1. The molecule has 0 saturated heterocycles. The van der Waals surface area contributed by atoms with Crippen molar-refractivity contribution in [2.75, 3.05) is 0 Å². The van der Waals surface area contributed by atoms with Gasteiger partial charge in [-0.15, -0.1) is 4.90 Å². The third kappa shape index (κ3) is 4.35. The van der Waals surface area contributed by atoms with Crippen LogP contribution in [0.1, 0.15) is 0 Å². The first kappa shape index (κ1) is 29.4. The highest BCUT2D eigenvalue weighted by molar-refractivity contribution is 5.07.